The van der Waals surface area contributed by atoms with Gasteiger partial charge in [-0.05, 0) is 36.8 Å². The van der Waals surface area contributed by atoms with Gasteiger partial charge < -0.3 is 10.1 Å². The highest BCUT2D eigenvalue weighted by Crippen LogP contribution is 2.13. The molecule has 0 unspecified atom stereocenters. The van der Waals surface area contributed by atoms with Crippen LogP contribution in [0.2, 0.25) is 0 Å². The Hall–Kier alpha value is -2.69. The fraction of sp³-hybridized carbons (Fsp3) is 0.133. The third kappa shape index (κ3) is 3.00. The summed E-state index contributed by atoms with van der Waals surface area (Å²) in [6.07, 6.45) is 1.61. The van der Waals surface area contributed by atoms with Crippen LogP contribution in [0, 0.1) is 6.92 Å². The molecule has 2 aromatic rings. The van der Waals surface area contributed by atoms with E-state index in [-0.39, 0.29) is 11.1 Å². The molecular formula is C15H14N2O3. The maximum atomic E-state index is 12.2. The summed E-state index contributed by atoms with van der Waals surface area (Å²) in [5, 5.41) is 2.66. The zero-order valence-corrected chi connectivity index (χ0v) is 11.2. The highest BCUT2D eigenvalue weighted by molar-refractivity contribution is 6.10. The van der Waals surface area contributed by atoms with Crippen LogP contribution in [-0.2, 0) is 4.74 Å². The number of aromatic nitrogens is 1. The van der Waals surface area contributed by atoms with E-state index < -0.39 is 11.9 Å². The van der Waals surface area contributed by atoms with Crippen LogP contribution in [0.15, 0.2) is 42.6 Å². The van der Waals surface area contributed by atoms with E-state index in [1.165, 1.54) is 7.11 Å². The number of ether oxygens (including phenoxy) is 1. The molecule has 5 nitrogen and oxygen atoms in total. The molecule has 1 aromatic carbocycles. The van der Waals surface area contributed by atoms with Crippen LogP contribution >= 0.6 is 0 Å². The van der Waals surface area contributed by atoms with E-state index in [0.717, 1.165) is 5.56 Å². The van der Waals surface area contributed by atoms with Crippen LogP contribution in [0.3, 0.4) is 0 Å². The molecule has 1 aromatic heterocycles. The van der Waals surface area contributed by atoms with Crippen LogP contribution in [0.4, 0.5) is 5.82 Å². The average molecular weight is 270 g/mol. The van der Waals surface area contributed by atoms with Crippen molar-refractivity contribution in [3.8, 4) is 0 Å². The van der Waals surface area contributed by atoms with Crippen LogP contribution < -0.4 is 5.32 Å². The number of esters is 1. The summed E-state index contributed by atoms with van der Waals surface area (Å²) in [4.78, 5) is 27.9. The summed E-state index contributed by atoms with van der Waals surface area (Å²) in [7, 11) is 1.28. The van der Waals surface area contributed by atoms with Crippen molar-refractivity contribution < 1.29 is 14.3 Å². The molecule has 0 saturated carbocycles. The molecule has 0 bridgehead atoms. The standard InChI is InChI=1S/C15H14N2O3/c1-10-7-8-16-13(9-10)17-14(18)11-5-3-4-6-12(11)15(19)20-2/h3-9H,1-2H3,(H,16,17,18). The fourth-order valence-corrected chi connectivity index (χ4v) is 1.76. The van der Waals surface area contributed by atoms with Crippen LogP contribution in [0.1, 0.15) is 26.3 Å². The molecule has 0 fully saturated rings. The Morgan fingerprint density at radius 2 is 1.85 bits per heavy atom. The lowest BCUT2D eigenvalue weighted by atomic mass is 10.1. The monoisotopic (exact) mass is 270 g/mol. The van der Waals surface area contributed by atoms with Crippen LogP contribution in [0.25, 0.3) is 0 Å². The molecule has 102 valence electrons. The average Bonchev–Trinajstić information content (AvgIpc) is 2.46. The van der Waals surface area contributed by atoms with Gasteiger partial charge in [-0.1, -0.05) is 12.1 Å². The summed E-state index contributed by atoms with van der Waals surface area (Å²) in [5.74, 6) is -0.508. The van der Waals surface area contributed by atoms with Crippen molar-refractivity contribution in [2.75, 3.05) is 12.4 Å². The summed E-state index contributed by atoms with van der Waals surface area (Å²) >= 11 is 0. The van der Waals surface area contributed by atoms with Gasteiger partial charge in [0.05, 0.1) is 18.2 Å². The largest absolute Gasteiger partial charge is 0.465 e. The number of benzene rings is 1. The van der Waals surface area contributed by atoms with Gasteiger partial charge in [0.2, 0.25) is 0 Å². The number of hydrogen-bond acceptors (Lipinski definition) is 4. The molecule has 20 heavy (non-hydrogen) atoms. The highest BCUT2D eigenvalue weighted by Gasteiger charge is 2.17. The molecule has 0 aliphatic carbocycles. The fourth-order valence-electron chi connectivity index (χ4n) is 1.76. The van der Waals surface area contributed by atoms with Crippen molar-refractivity contribution in [3.05, 3.63) is 59.3 Å². The van der Waals surface area contributed by atoms with Gasteiger partial charge in [0.1, 0.15) is 5.82 Å². The third-order valence-corrected chi connectivity index (χ3v) is 2.73. The number of hydrogen-bond donors (Lipinski definition) is 1. The van der Waals surface area contributed by atoms with E-state index in [9.17, 15) is 9.59 Å². The van der Waals surface area contributed by atoms with Gasteiger partial charge in [0.25, 0.3) is 5.91 Å². The first-order valence-corrected chi connectivity index (χ1v) is 6.03. The molecule has 0 saturated heterocycles. The van der Waals surface area contributed by atoms with Crippen LogP contribution in [-0.4, -0.2) is 24.0 Å². The number of methoxy groups -OCH3 is 1. The molecule has 0 spiro atoms. The van der Waals surface area contributed by atoms with Crippen molar-refractivity contribution in [1.82, 2.24) is 4.98 Å². The lowest BCUT2D eigenvalue weighted by Crippen LogP contribution is -2.17. The van der Waals surface area contributed by atoms with Gasteiger partial charge in [-0.2, -0.15) is 0 Å². The smallest absolute Gasteiger partial charge is 0.338 e. The molecule has 0 atom stereocenters. The Bertz CT molecular complexity index is 653. The molecular weight excluding hydrogens is 256 g/mol. The Morgan fingerprint density at radius 1 is 1.15 bits per heavy atom. The number of nitrogens with zero attached hydrogens (tertiary/aromatic N) is 1. The number of amides is 1. The topological polar surface area (TPSA) is 68.3 Å². The first kappa shape index (κ1) is 13.7. The lowest BCUT2D eigenvalue weighted by molar-refractivity contribution is 0.0597. The van der Waals surface area contributed by atoms with Gasteiger partial charge >= 0.3 is 5.97 Å². The molecule has 1 amide bonds. The van der Waals surface area contributed by atoms with Crippen molar-refractivity contribution in [3.63, 3.8) is 0 Å². The van der Waals surface area contributed by atoms with Crippen molar-refractivity contribution >= 4 is 17.7 Å². The van der Waals surface area contributed by atoms with Gasteiger partial charge in [0, 0.05) is 6.20 Å². The molecule has 2 rings (SSSR count). The molecule has 1 heterocycles. The number of nitrogens with one attached hydrogen (secondary N) is 1. The normalized spacial score (nSPS) is 9.90. The Kier molecular flexibility index (Phi) is 4.10. The van der Waals surface area contributed by atoms with Gasteiger partial charge in [-0.25, -0.2) is 9.78 Å². The number of rotatable bonds is 3. The second-order valence-electron chi connectivity index (χ2n) is 4.21. The molecule has 1 N–H and O–H groups in total. The second-order valence-corrected chi connectivity index (χ2v) is 4.21. The minimum absolute atomic E-state index is 0.222. The predicted molar refractivity (Wildman–Crippen MR) is 74.7 cm³/mol. The van der Waals surface area contributed by atoms with Gasteiger partial charge in [-0.15, -0.1) is 0 Å². The molecule has 0 aliphatic rings. The minimum atomic E-state index is -0.548. The van der Waals surface area contributed by atoms with Gasteiger partial charge in [-0.3, -0.25) is 4.79 Å². The first-order chi connectivity index (χ1) is 9.61. The van der Waals surface area contributed by atoms with E-state index in [2.05, 4.69) is 15.0 Å². The Labute approximate surface area is 116 Å². The molecule has 5 heteroatoms. The van der Waals surface area contributed by atoms with Crippen molar-refractivity contribution in [2.45, 2.75) is 6.92 Å². The Morgan fingerprint density at radius 3 is 2.50 bits per heavy atom. The number of carbonyl (C=O) groups excluding carboxylic acids is 2. The molecule has 0 radical (unpaired) electrons. The summed E-state index contributed by atoms with van der Waals surface area (Å²) in [5.41, 5.74) is 1.46. The minimum Gasteiger partial charge on any atom is -0.465 e. The zero-order valence-electron chi connectivity index (χ0n) is 11.2. The maximum absolute atomic E-state index is 12.2. The summed E-state index contributed by atoms with van der Waals surface area (Å²) in [6.45, 7) is 1.90. The van der Waals surface area contributed by atoms with Crippen LogP contribution in [0.5, 0.6) is 0 Å². The number of carbonyl (C=O) groups is 2. The molecule has 0 aliphatic heterocycles. The maximum Gasteiger partial charge on any atom is 0.338 e. The summed E-state index contributed by atoms with van der Waals surface area (Å²) < 4.78 is 4.66. The van der Waals surface area contributed by atoms with E-state index in [1.54, 1.807) is 36.5 Å². The number of anilines is 1. The lowest BCUT2D eigenvalue weighted by Gasteiger charge is -2.08. The van der Waals surface area contributed by atoms with Crippen molar-refractivity contribution in [2.24, 2.45) is 0 Å². The first-order valence-electron chi connectivity index (χ1n) is 6.03. The Balaban J connectivity index is 2.28. The third-order valence-electron chi connectivity index (χ3n) is 2.73. The van der Waals surface area contributed by atoms with Gasteiger partial charge in [0.15, 0.2) is 0 Å². The summed E-state index contributed by atoms with van der Waals surface area (Å²) in [6, 6.07) is 10.1. The second kappa shape index (κ2) is 5.97. The SMILES string of the molecule is COC(=O)c1ccccc1C(=O)Nc1cc(C)ccn1. The quantitative estimate of drug-likeness (QED) is 0.870. The zero-order chi connectivity index (χ0) is 14.5. The number of aryl methyl sites for hydroxylation is 1. The van der Waals surface area contributed by atoms with E-state index in [4.69, 9.17) is 0 Å². The number of pyridine rings is 1. The van der Waals surface area contributed by atoms with E-state index in [1.807, 2.05) is 13.0 Å². The van der Waals surface area contributed by atoms with E-state index in [0.29, 0.717) is 5.82 Å². The predicted octanol–water partition coefficient (Wildman–Crippen LogP) is 2.43. The van der Waals surface area contributed by atoms with E-state index >= 15 is 0 Å². The highest BCUT2D eigenvalue weighted by atomic mass is 16.5. The van der Waals surface area contributed by atoms with Crippen molar-refractivity contribution in [1.29, 1.82) is 0 Å².